The molecule has 7 nitrogen and oxygen atoms in total. The van der Waals surface area contributed by atoms with Gasteiger partial charge in [0.25, 0.3) is 0 Å². The quantitative estimate of drug-likeness (QED) is 0.487. The summed E-state index contributed by atoms with van der Waals surface area (Å²) in [6, 6.07) is 3.22. The van der Waals surface area contributed by atoms with Crippen molar-refractivity contribution in [3.63, 3.8) is 0 Å². The third-order valence-corrected chi connectivity index (χ3v) is 4.70. The third kappa shape index (κ3) is 3.29. The number of aryl methyl sites for hydroxylation is 1. The molecule has 1 aromatic heterocycles. The van der Waals surface area contributed by atoms with E-state index in [2.05, 4.69) is 5.32 Å². The average molecular weight is 403 g/mol. The lowest BCUT2D eigenvalue weighted by Crippen LogP contribution is -2.20. The van der Waals surface area contributed by atoms with Gasteiger partial charge in [0.15, 0.2) is 0 Å². The number of carboxylic acids is 1. The van der Waals surface area contributed by atoms with Crippen molar-refractivity contribution in [2.45, 2.75) is 20.5 Å². The molecule has 3 aromatic rings. The van der Waals surface area contributed by atoms with Crippen molar-refractivity contribution in [2.75, 3.05) is 17.6 Å². The van der Waals surface area contributed by atoms with Crippen LogP contribution in [0.3, 0.4) is 0 Å². The molecule has 5 N–H and O–H groups in total. The van der Waals surface area contributed by atoms with Gasteiger partial charge in [-0.25, -0.2) is 13.6 Å². The Morgan fingerprint density at radius 2 is 1.93 bits per heavy atom. The van der Waals surface area contributed by atoms with Crippen molar-refractivity contribution in [3.05, 3.63) is 62.9 Å². The lowest BCUT2D eigenvalue weighted by Gasteiger charge is -2.20. The van der Waals surface area contributed by atoms with Gasteiger partial charge in [-0.15, -0.1) is 0 Å². The van der Waals surface area contributed by atoms with E-state index in [1.54, 1.807) is 13.8 Å². The molecular weight excluding hydrogens is 384 g/mol. The molecule has 0 aliphatic carbocycles. The monoisotopic (exact) mass is 403 g/mol. The maximum absolute atomic E-state index is 14.6. The van der Waals surface area contributed by atoms with Gasteiger partial charge in [-0.3, -0.25) is 4.79 Å². The predicted octanol–water partition coefficient (Wildman–Crippen LogP) is 2.78. The number of carboxylic acid groups (broad SMARTS) is 1. The van der Waals surface area contributed by atoms with E-state index in [1.807, 2.05) is 0 Å². The Bertz CT molecular complexity index is 1210. The SMILES string of the molecule is CCNc1c(F)cc2c(=O)c(C(=O)O)cn(-c3cc(N)c(F)cc3CO)c2c1C. The first kappa shape index (κ1) is 20.3. The van der Waals surface area contributed by atoms with Crippen molar-refractivity contribution < 1.29 is 23.8 Å². The standard InChI is InChI=1S/C20H19F2N3O4/c1-3-24-17-9(2)18-11(5-14(17)22)19(27)12(20(28)29)7-25(18)16-6-15(23)13(21)4-10(16)8-26/h4-7,24,26H,3,8,23H2,1-2H3,(H,28,29). The maximum atomic E-state index is 14.6. The molecule has 0 atom stereocenters. The molecule has 3 rings (SSSR count). The Balaban J connectivity index is 2.57. The first-order valence-electron chi connectivity index (χ1n) is 8.76. The first-order valence-corrected chi connectivity index (χ1v) is 8.76. The van der Waals surface area contributed by atoms with Gasteiger partial charge in [-0.2, -0.15) is 0 Å². The molecule has 0 fully saturated rings. The number of pyridine rings is 1. The minimum absolute atomic E-state index is 0.117. The van der Waals surface area contributed by atoms with Crippen LogP contribution >= 0.6 is 0 Å². The van der Waals surface area contributed by atoms with E-state index in [0.717, 1.165) is 18.3 Å². The zero-order valence-corrected chi connectivity index (χ0v) is 15.7. The number of nitrogens with two attached hydrogens (primary N) is 1. The predicted molar refractivity (Wildman–Crippen MR) is 106 cm³/mol. The topological polar surface area (TPSA) is 118 Å². The number of aromatic carboxylic acids is 1. The Labute approximate surface area is 164 Å². The molecule has 0 spiro atoms. The van der Waals surface area contributed by atoms with Crippen LogP contribution in [0.2, 0.25) is 0 Å². The summed E-state index contributed by atoms with van der Waals surface area (Å²) in [6.07, 6.45) is 1.07. The van der Waals surface area contributed by atoms with Gasteiger partial charge in [-0.1, -0.05) is 0 Å². The number of aliphatic hydroxyl groups excluding tert-OH is 1. The minimum atomic E-state index is -1.50. The number of aromatic nitrogens is 1. The zero-order valence-electron chi connectivity index (χ0n) is 15.7. The number of nitrogens with zero attached hydrogens (tertiary/aromatic N) is 1. The highest BCUT2D eigenvalue weighted by Gasteiger charge is 2.22. The van der Waals surface area contributed by atoms with E-state index in [4.69, 9.17) is 5.73 Å². The summed E-state index contributed by atoms with van der Waals surface area (Å²) in [5.41, 5.74) is 5.01. The Kier molecular flexibility index (Phi) is 5.25. The fourth-order valence-electron chi connectivity index (χ4n) is 3.35. The highest BCUT2D eigenvalue weighted by Crippen LogP contribution is 2.31. The number of nitrogen functional groups attached to an aromatic ring is 1. The third-order valence-electron chi connectivity index (χ3n) is 4.70. The van der Waals surface area contributed by atoms with Gasteiger partial charge in [0.2, 0.25) is 5.43 Å². The summed E-state index contributed by atoms with van der Waals surface area (Å²) in [5.74, 6) is -2.96. The fraction of sp³-hybridized carbons (Fsp3) is 0.200. The lowest BCUT2D eigenvalue weighted by atomic mass is 10.0. The molecule has 0 saturated carbocycles. The second-order valence-electron chi connectivity index (χ2n) is 6.49. The van der Waals surface area contributed by atoms with Crippen LogP contribution in [0.25, 0.3) is 16.6 Å². The van der Waals surface area contributed by atoms with Crippen LogP contribution in [0.4, 0.5) is 20.2 Å². The lowest BCUT2D eigenvalue weighted by molar-refractivity contribution is 0.0695. The van der Waals surface area contributed by atoms with Crippen LogP contribution in [0.15, 0.2) is 29.2 Å². The van der Waals surface area contributed by atoms with E-state index < -0.39 is 35.2 Å². The molecule has 1 heterocycles. The largest absolute Gasteiger partial charge is 0.477 e. The summed E-state index contributed by atoms with van der Waals surface area (Å²) < 4.78 is 29.8. The molecule has 0 saturated heterocycles. The summed E-state index contributed by atoms with van der Waals surface area (Å²) >= 11 is 0. The number of rotatable bonds is 5. The molecule has 29 heavy (non-hydrogen) atoms. The first-order chi connectivity index (χ1) is 13.7. The molecule has 152 valence electrons. The van der Waals surface area contributed by atoms with E-state index in [-0.39, 0.29) is 33.5 Å². The number of hydrogen-bond donors (Lipinski definition) is 4. The van der Waals surface area contributed by atoms with E-state index in [0.29, 0.717) is 12.1 Å². The maximum Gasteiger partial charge on any atom is 0.341 e. The van der Waals surface area contributed by atoms with Crippen LogP contribution in [0.1, 0.15) is 28.4 Å². The van der Waals surface area contributed by atoms with Crippen molar-refractivity contribution in [2.24, 2.45) is 0 Å². The minimum Gasteiger partial charge on any atom is -0.477 e. The van der Waals surface area contributed by atoms with Crippen LogP contribution in [0, 0.1) is 18.6 Å². The van der Waals surface area contributed by atoms with E-state index in [9.17, 15) is 28.6 Å². The van der Waals surface area contributed by atoms with Gasteiger partial charge >= 0.3 is 5.97 Å². The number of fused-ring (bicyclic) bond motifs is 1. The van der Waals surface area contributed by atoms with Gasteiger partial charge in [0.1, 0.15) is 17.2 Å². The Morgan fingerprint density at radius 3 is 2.52 bits per heavy atom. The molecule has 0 unspecified atom stereocenters. The smallest absolute Gasteiger partial charge is 0.341 e. The number of hydrogen-bond acceptors (Lipinski definition) is 5. The summed E-state index contributed by atoms with van der Waals surface area (Å²) in [6.45, 7) is 3.19. The number of aliphatic hydroxyl groups is 1. The number of benzene rings is 2. The molecule has 0 aliphatic heterocycles. The molecule has 0 amide bonds. The van der Waals surface area contributed by atoms with E-state index >= 15 is 0 Å². The number of nitrogens with one attached hydrogen (secondary N) is 1. The number of carbonyl (C=O) groups is 1. The fourth-order valence-corrected chi connectivity index (χ4v) is 3.35. The molecule has 0 bridgehead atoms. The van der Waals surface area contributed by atoms with Crippen LogP contribution < -0.4 is 16.5 Å². The van der Waals surface area contributed by atoms with Crippen molar-refractivity contribution in [3.8, 4) is 5.69 Å². The highest BCUT2D eigenvalue weighted by molar-refractivity contribution is 5.96. The van der Waals surface area contributed by atoms with Crippen molar-refractivity contribution in [1.29, 1.82) is 0 Å². The summed E-state index contributed by atoms with van der Waals surface area (Å²) in [5, 5.41) is 21.8. The van der Waals surface area contributed by atoms with Crippen LogP contribution in [-0.4, -0.2) is 27.3 Å². The van der Waals surface area contributed by atoms with Gasteiger partial charge in [-0.05, 0) is 37.6 Å². The molecule has 9 heteroatoms. The molecular formula is C20H19F2N3O4. The van der Waals surface area contributed by atoms with E-state index in [1.165, 1.54) is 10.6 Å². The van der Waals surface area contributed by atoms with Crippen molar-refractivity contribution >= 4 is 28.2 Å². The average Bonchev–Trinajstić information content (AvgIpc) is 2.67. The van der Waals surface area contributed by atoms with Crippen LogP contribution in [-0.2, 0) is 6.61 Å². The van der Waals surface area contributed by atoms with Gasteiger partial charge in [0.05, 0.1) is 34.6 Å². The Morgan fingerprint density at radius 1 is 1.24 bits per heavy atom. The van der Waals surface area contributed by atoms with Gasteiger partial charge in [0, 0.05) is 18.3 Å². The van der Waals surface area contributed by atoms with Crippen molar-refractivity contribution in [1.82, 2.24) is 4.57 Å². The number of anilines is 2. The summed E-state index contributed by atoms with van der Waals surface area (Å²) in [7, 11) is 0. The Hall–Kier alpha value is -3.46. The molecule has 0 aliphatic rings. The van der Waals surface area contributed by atoms with Gasteiger partial charge < -0.3 is 25.8 Å². The molecule has 2 aromatic carbocycles. The second kappa shape index (κ2) is 7.51. The number of halogens is 2. The van der Waals surface area contributed by atoms with Crippen LogP contribution in [0.5, 0.6) is 0 Å². The highest BCUT2D eigenvalue weighted by atomic mass is 19.1. The summed E-state index contributed by atoms with van der Waals surface area (Å²) in [4.78, 5) is 24.3. The molecule has 0 radical (unpaired) electrons. The normalized spacial score (nSPS) is 11.1. The zero-order chi connectivity index (χ0) is 21.5. The second-order valence-corrected chi connectivity index (χ2v) is 6.49.